The number of hydrogen-bond donors (Lipinski definition) is 1. The third-order valence-corrected chi connectivity index (χ3v) is 5.45. The standard InChI is InChI=1S/C16H30N4S/c1-6-13-11-20(9-8-19(13)5)16-18-14(7-2)15(21-16)10-17-12(3)4/h12-13,17H,6-11H2,1-5H3. The van der Waals surface area contributed by atoms with Gasteiger partial charge < -0.3 is 10.2 Å². The third-order valence-electron chi connectivity index (χ3n) is 4.29. The number of hydrogen-bond acceptors (Lipinski definition) is 5. The zero-order chi connectivity index (χ0) is 15.4. The largest absolute Gasteiger partial charge is 0.345 e. The number of aromatic nitrogens is 1. The van der Waals surface area contributed by atoms with Crippen molar-refractivity contribution in [3.8, 4) is 0 Å². The zero-order valence-electron chi connectivity index (χ0n) is 14.1. The van der Waals surface area contributed by atoms with Gasteiger partial charge in [-0.3, -0.25) is 4.90 Å². The summed E-state index contributed by atoms with van der Waals surface area (Å²) in [6.07, 6.45) is 2.23. The molecule has 1 N–H and O–H groups in total. The van der Waals surface area contributed by atoms with Crippen LogP contribution in [0.2, 0.25) is 0 Å². The minimum atomic E-state index is 0.522. The van der Waals surface area contributed by atoms with Gasteiger partial charge in [0.15, 0.2) is 5.13 Å². The Labute approximate surface area is 133 Å². The average Bonchev–Trinajstić information content (AvgIpc) is 2.88. The molecule has 1 aromatic rings. The molecule has 1 unspecified atom stereocenters. The molecule has 1 aliphatic rings. The van der Waals surface area contributed by atoms with Crippen molar-refractivity contribution in [1.29, 1.82) is 0 Å². The summed E-state index contributed by atoms with van der Waals surface area (Å²) in [5.41, 5.74) is 1.27. The summed E-state index contributed by atoms with van der Waals surface area (Å²) in [4.78, 5) is 11.3. The Bertz CT molecular complexity index is 443. The summed E-state index contributed by atoms with van der Waals surface area (Å²) in [5, 5.41) is 4.74. The maximum absolute atomic E-state index is 4.91. The average molecular weight is 311 g/mol. The highest BCUT2D eigenvalue weighted by molar-refractivity contribution is 7.15. The molecule has 120 valence electrons. The Kier molecular flexibility index (Phi) is 6.02. The Morgan fingerprint density at radius 2 is 2.10 bits per heavy atom. The number of thiazole rings is 1. The predicted octanol–water partition coefficient (Wildman–Crippen LogP) is 2.73. The fourth-order valence-corrected chi connectivity index (χ4v) is 3.91. The minimum Gasteiger partial charge on any atom is -0.345 e. The highest BCUT2D eigenvalue weighted by Gasteiger charge is 2.25. The van der Waals surface area contributed by atoms with Gasteiger partial charge in [-0.2, -0.15) is 0 Å². The minimum absolute atomic E-state index is 0.522. The van der Waals surface area contributed by atoms with Crippen LogP contribution in [0, 0.1) is 0 Å². The van der Waals surface area contributed by atoms with Crippen molar-refractivity contribution in [2.24, 2.45) is 0 Å². The van der Waals surface area contributed by atoms with Crippen molar-refractivity contribution in [1.82, 2.24) is 15.2 Å². The number of rotatable bonds is 6. The van der Waals surface area contributed by atoms with Crippen LogP contribution in [0.4, 0.5) is 5.13 Å². The maximum atomic E-state index is 4.91. The molecule has 0 amide bonds. The van der Waals surface area contributed by atoms with Gasteiger partial charge in [-0.1, -0.05) is 27.7 Å². The first-order chi connectivity index (χ1) is 10.0. The SMILES string of the molecule is CCc1nc(N2CCN(C)C(CC)C2)sc1CNC(C)C. The Morgan fingerprint density at radius 1 is 1.33 bits per heavy atom. The summed E-state index contributed by atoms with van der Waals surface area (Å²) >= 11 is 1.88. The molecule has 0 radical (unpaired) electrons. The van der Waals surface area contributed by atoms with Gasteiger partial charge in [0.05, 0.1) is 5.69 Å². The lowest BCUT2D eigenvalue weighted by Gasteiger charge is -2.39. The quantitative estimate of drug-likeness (QED) is 0.875. The second-order valence-electron chi connectivity index (χ2n) is 6.24. The molecule has 2 heterocycles. The van der Waals surface area contributed by atoms with E-state index in [2.05, 4.69) is 49.9 Å². The Balaban J connectivity index is 2.09. The molecule has 4 nitrogen and oxygen atoms in total. The third kappa shape index (κ3) is 4.18. The van der Waals surface area contributed by atoms with E-state index in [0.717, 1.165) is 32.6 Å². The molecule has 1 aliphatic heterocycles. The molecular formula is C16H30N4S. The normalized spacial score (nSPS) is 20.5. The monoisotopic (exact) mass is 310 g/mol. The van der Waals surface area contributed by atoms with Crippen LogP contribution in [0.15, 0.2) is 0 Å². The number of anilines is 1. The van der Waals surface area contributed by atoms with Gasteiger partial charge in [0.1, 0.15) is 0 Å². The van der Waals surface area contributed by atoms with Crippen molar-refractivity contribution in [2.75, 3.05) is 31.6 Å². The molecule has 0 bridgehead atoms. The van der Waals surface area contributed by atoms with Gasteiger partial charge in [-0.05, 0) is 19.9 Å². The Morgan fingerprint density at radius 3 is 2.71 bits per heavy atom. The first-order valence-corrected chi connectivity index (χ1v) is 9.03. The van der Waals surface area contributed by atoms with E-state index < -0.39 is 0 Å². The van der Waals surface area contributed by atoms with E-state index in [1.54, 1.807) is 0 Å². The van der Waals surface area contributed by atoms with Gasteiger partial charge in [0.25, 0.3) is 0 Å². The number of aryl methyl sites for hydroxylation is 1. The second-order valence-corrected chi connectivity index (χ2v) is 7.31. The lowest BCUT2D eigenvalue weighted by molar-refractivity contribution is 0.213. The van der Waals surface area contributed by atoms with E-state index in [1.165, 1.54) is 22.1 Å². The molecule has 2 rings (SSSR count). The number of nitrogens with zero attached hydrogens (tertiary/aromatic N) is 3. The molecule has 1 saturated heterocycles. The number of nitrogens with one attached hydrogen (secondary N) is 1. The van der Waals surface area contributed by atoms with Gasteiger partial charge in [0.2, 0.25) is 0 Å². The molecular weight excluding hydrogens is 280 g/mol. The van der Waals surface area contributed by atoms with Crippen molar-refractivity contribution >= 4 is 16.5 Å². The van der Waals surface area contributed by atoms with E-state index in [4.69, 9.17) is 4.98 Å². The highest BCUT2D eigenvalue weighted by atomic mass is 32.1. The van der Waals surface area contributed by atoms with Gasteiger partial charge in [-0.25, -0.2) is 4.98 Å². The van der Waals surface area contributed by atoms with E-state index in [1.807, 2.05) is 11.3 Å². The molecule has 0 spiro atoms. The van der Waals surface area contributed by atoms with Crippen LogP contribution < -0.4 is 10.2 Å². The molecule has 1 atom stereocenters. The molecule has 21 heavy (non-hydrogen) atoms. The lowest BCUT2D eigenvalue weighted by Crippen LogP contribution is -2.51. The maximum Gasteiger partial charge on any atom is 0.185 e. The van der Waals surface area contributed by atoms with E-state index >= 15 is 0 Å². The first-order valence-electron chi connectivity index (χ1n) is 8.22. The van der Waals surface area contributed by atoms with Crippen LogP contribution in [0.5, 0.6) is 0 Å². The van der Waals surface area contributed by atoms with Crippen LogP contribution in [-0.4, -0.2) is 48.6 Å². The lowest BCUT2D eigenvalue weighted by atomic mass is 10.1. The van der Waals surface area contributed by atoms with E-state index in [9.17, 15) is 0 Å². The topological polar surface area (TPSA) is 31.4 Å². The molecule has 1 aromatic heterocycles. The smallest absolute Gasteiger partial charge is 0.185 e. The van der Waals surface area contributed by atoms with Gasteiger partial charge in [-0.15, -0.1) is 11.3 Å². The highest BCUT2D eigenvalue weighted by Crippen LogP contribution is 2.29. The summed E-state index contributed by atoms with van der Waals surface area (Å²) in [6.45, 7) is 13.2. The van der Waals surface area contributed by atoms with Crippen LogP contribution in [0.1, 0.15) is 44.7 Å². The number of likely N-dealkylation sites (N-methyl/N-ethyl adjacent to an activating group) is 1. The summed E-state index contributed by atoms with van der Waals surface area (Å²) in [5.74, 6) is 0. The van der Waals surface area contributed by atoms with Crippen molar-refractivity contribution in [3.63, 3.8) is 0 Å². The van der Waals surface area contributed by atoms with Crippen molar-refractivity contribution in [3.05, 3.63) is 10.6 Å². The van der Waals surface area contributed by atoms with Crippen LogP contribution >= 0.6 is 11.3 Å². The Hall–Kier alpha value is -0.650. The molecule has 0 aliphatic carbocycles. The van der Waals surface area contributed by atoms with Crippen molar-refractivity contribution in [2.45, 2.75) is 59.2 Å². The molecule has 0 aromatic carbocycles. The van der Waals surface area contributed by atoms with E-state index in [-0.39, 0.29) is 0 Å². The summed E-state index contributed by atoms with van der Waals surface area (Å²) in [6, 6.07) is 1.18. The molecule has 5 heteroatoms. The predicted molar refractivity (Wildman–Crippen MR) is 92.4 cm³/mol. The van der Waals surface area contributed by atoms with Gasteiger partial charge in [0, 0.05) is 43.1 Å². The van der Waals surface area contributed by atoms with Crippen molar-refractivity contribution < 1.29 is 0 Å². The molecule has 0 saturated carbocycles. The second kappa shape index (κ2) is 7.56. The first kappa shape index (κ1) is 16.7. The number of piperazine rings is 1. The zero-order valence-corrected chi connectivity index (χ0v) is 15.0. The molecule has 1 fully saturated rings. The van der Waals surface area contributed by atoms with Crippen LogP contribution in [-0.2, 0) is 13.0 Å². The van der Waals surface area contributed by atoms with E-state index in [0.29, 0.717) is 12.1 Å². The summed E-state index contributed by atoms with van der Waals surface area (Å²) in [7, 11) is 2.24. The fourth-order valence-electron chi connectivity index (χ4n) is 2.78. The summed E-state index contributed by atoms with van der Waals surface area (Å²) < 4.78 is 0. The van der Waals surface area contributed by atoms with Crippen LogP contribution in [0.25, 0.3) is 0 Å². The van der Waals surface area contributed by atoms with Crippen LogP contribution in [0.3, 0.4) is 0 Å². The fraction of sp³-hybridized carbons (Fsp3) is 0.812. The van der Waals surface area contributed by atoms with Gasteiger partial charge >= 0.3 is 0 Å².